The quantitative estimate of drug-likeness (QED) is 0.575. The van der Waals surface area contributed by atoms with Crippen LogP contribution in [0.25, 0.3) is 0 Å². The summed E-state index contributed by atoms with van der Waals surface area (Å²) in [6.45, 7) is 4.33. The number of hydrogen-bond donors (Lipinski definition) is 4. The second-order valence-corrected chi connectivity index (χ2v) is 6.52. The lowest BCUT2D eigenvalue weighted by Crippen LogP contribution is -2.22. The SMILES string of the molecule is CC(C)CC(O)CNc1cc(S(N)(=O)=O)ccc1N. The molecule has 108 valence electrons. The number of anilines is 2. The summed E-state index contributed by atoms with van der Waals surface area (Å²) >= 11 is 0. The van der Waals surface area contributed by atoms with Gasteiger partial charge in [-0.3, -0.25) is 0 Å². The van der Waals surface area contributed by atoms with Gasteiger partial charge in [0.1, 0.15) is 0 Å². The first-order valence-electron chi connectivity index (χ1n) is 6.04. The molecule has 1 unspecified atom stereocenters. The molecule has 0 fully saturated rings. The van der Waals surface area contributed by atoms with E-state index in [1.807, 2.05) is 13.8 Å². The first-order chi connectivity index (χ1) is 8.70. The van der Waals surface area contributed by atoms with E-state index in [-0.39, 0.29) is 4.90 Å². The minimum atomic E-state index is -3.76. The molecule has 0 spiro atoms. The Morgan fingerprint density at radius 1 is 1.37 bits per heavy atom. The molecule has 1 aromatic rings. The average Bonchev–Trinajstić information content (AvgIpc) is 2.25. The van der Waals surface area contributed by atoms with E-state index in [4.69, 9.17) is 10.9 Å². The highest BCUT2D eigenvalue weighted by Gasteiger charge is 2.12. The van der Waals surface area contributed by atoms with Gasteiger partial charge >= 0.3 is 0 Å². The van der Waals surface area contributed by atoms with E-state index < -0.39 is 16.1 Å². The first kappa shape index (κ1) is 15.7. The number of aliphatic hydroxyl groups excluding tert-OH is 1. The predicted octanol–water partition coefficient (Wildman–Crippen LogP) is 0.735. The molecular formula is C12H21N3O3S. The smallest absolute Gasteiger partial charge is 0.238 e. The third kappa shape index (κ3) is 5.06. The summed E-state index contributed by atoms with van der Waals surface area (Å²) in [5.74, 6) is 0.380. The molecule has 1 aromatic carbocycles. The average molecular weight is 287 g/mol. The van der Waals surface area contributed by atoms with Crippen LogP contribution in [0.4, 0.5) is 11.4 Å². The van der Waals surface area contributed by atoms with E-state index in [1.54, 1.807) is 0 Å². The molecule has 1 rings (SSSR count). The van der Waals surface area contributed by atoms with E-state index in [2.05, 4.69) is 5.32 Å². The maximum Gasteiger partial charge on any atom is 0.238 e. The van der Waals surface area contributed by atoms with Gasteiger partial charge in [-0.15, -0.1) is 0 Å². The minimum absolute atomic E-state index is 0.0115. The number of nitrogens with two attached hydrogens (primary N) is 2. The number of benzene rings is 1. The van der Waals surface area contributed by atoms with Crippen molar-refractivity contribution in [3.63, 3.8) is 0 Å². The van der Waals surface area contributed by atoms with Gasteiger partial charge in [-0.05, 0) is 30.5 Å². The second-order valence-electron chi connectivity index (χ2n) is 4.96. The minimum Gasteiger partial charge on any atom is -0.397 e. The molecule has 0 aromatic heterocycles. The number of nitrogens with one attached hydrogen (secondary N) is 1. The first-order valence-corrected chi connectivity index (χ1v) is 7.59. The van der Waals surface area contributed by atoms with E-state index in [1.165, 1.54) is 18.2 Å². The molecule has 6 nitrogen and oxygen atoms in total. The number of aliphatic hydroxyl groups is 1. The van der Waals surface area contributed by atoms with E-state index >= 15 is 0 Å². The molecule has 0 saturated heterocycles. The standard InChI is InChI=1S/C12H21N3O3S/c1-8(2)5-9(16)7-15-12-6-10(19(14,17)18)3-4-11(12)13/h3-4,6,8-9,15-16H,5,7,13H2,1-2H3,(H2,14,17,18). The zero-order valence-corrected chi connectivity index (χ0v) is 11.9. The van der Waals surface area contributed by atoms with Gasteiger partial charge in [0.2, 0.25) is 10.0 Å². The zero-order valence-electron chi connectivity index (χ0n) is 11.1. The van der Waals surface area contributed by atoms with E-state index in [0.29, 0.717) is 30.3 Å². The summed E-state index contributed by atoms with van der Waals surface area (Å²) in [7, 11) is -3.76. The van der Waals surface area contributed by atoms with Crippen LogP contribution < -0.4 is 16.2 Å². The summed E-state index contributed by atoms with van der Waals surface area (Å²) in [6.07, 6.45) is 0.138. The van der Waals surface area contributed by atoms with Crippen molar-refractivity contribution in [2.75, 3.05) is 17.6 Å². The van der Waals surface area contributed by atoms with Crippen LogP contribution in [0.1, 0.15) is 20.3 Å². The zero-order chi connectivity index (χ0) is 14.6. The molecule has 0 saturated carbocycles. The number of rotatable bonds is 6. The molecule has 6 N–H and O–H groups in total. The van der Waals surface area contributed by atoms with Gasteiger partial charge in [-0.1, -0.05) is 13.8 Å². The van der Waals surface area contributed by atoms with Crippen LogP contribution in [-0.4, -0.2) is 26.2 Å². The van der Waals surface area contributed by atoms with Crippen molar-refractivity contribution in [3.8, 4) is 0 Å². The van der Waals surface area contributed by atoms with Crippen LogP contribution in [0.2, 0.25) is 0 Å². The third-order valence-corrected chi connectivity index (χ3v) is 3.54. The lowest BCUT2D eigenvalue weighted by Gasteiger charge is -2.16. The lowest BCUT2D eigenvalue weighted by atomic mass is 10.1. The van der Waals surface area contributed by atoms with Gasteiger partial charge in [-0.2, -0.15) is 0 Å². The monoisotopic (exact) mass is 287 g/mol. The Bertz CT molecular complexity index is 529. The Balaban J connectivity index is 2.78. The van der Waals surface area contributed by atoms with Crippen molar-refractivity contribution in [1.82, 2.24) is 0 Å². The van der Waals surface area contributed by atoms with Crippen LogP contribution in [0, 0.1) is 5.92 Å². The topological polar surface area (TPSA) is 118 Å². The third-order valence-electron chi connectivity index (χ3n) is 2.62. The fourth-order valence-electron chi connectivity index (χ4n) is 1.72. The van der Waals surface area contributed by atoms with Crippen molar-refractivity contribution in [2.24, 2.45) is 11.1 Å². The number of primary sulfonamides is 1. The summed E-state index contributed by atoms with van der Waals surface area (Å²) in [4.78, 5) is -0.0115. The highest BCUT2D eigenvalue weighted by Crippen LogP contribution is 2.22. The fraction of sp³-hybridized carbons (Fsp3) is 0.500. The van der Waals surface area contributed by atoms with Crippen LogP contribution in [0.3, 0.4) is 0 Å². The van der Waals surface area contributed by atoms with E-state index in [0.717, 1.165) is 0 Å². The van der Waals surface area contributed by atoms with E-state index in [9.17, 15) is 13.5 Å². The Labute approximate surface area is 113 Å². The number of sulfonamides is 1. The van der Waals surface area contributed by atoms with Gasteiger partial charge < -0.3 is 16.2 Å². The molecule has 0 radical (unpaired) electrons. The highest BCUT2D eigenvalue weighted by molar-refractivity contribution is 7.89. The Kier molecular flexibility index (Phi) is 5.16. The molecule has 7 heteroatoms. The Morgan fingerprint density at radius 3 is 2.53 bits per heavy atom. The summed E-state index contributed by atoms with van der Waals surface area (Å²) in [5.41, 5.74) is 6.60. The van der Waals surface area contributed by atoms with Gasteiger partial charge in [0.05, 0.1) is 22.4 Å². The molecule has 0 aliphatic heterocycles. The van der Waals surface area contributed by atoms with Gasteiger partial charge in [0.25, 0.3) is 0 Å². The van der Waals surface area contributed by atoms with Crippen LogP contribution in [0.5, 0.6) is 0 Å². The van der Waals surface area contributed by atoms with Crippen molar-refractivity contribution in [1.29, 1.82) is 0 Å². The summed E-state index contributed by atoms with van der Waals surface area (Å²) in [5, 5.41) is 17.7. The Hall–Kier alpha value is -1.31. The molecule has 19 heavy (non-hydrogen) atoms. The predicted molar refractivity (Wildman–Crippen MR) is 76.2 cm³/mol. The number of hydrogen-bond acceptors (Lipinski definition) is 5. The van der Waals surface area contributed by atoms with Crippen LogP contribution in [-0.2, 0) is 10.0 Å². The molecule has 0 bridgehead atoms. The Morgan fingerprint density at radius 2 is 2.00 bits per heavy atom. The van der Waals surface area contributed by atoms with Crippen LogP contribution >= 0.6 is 0 Å². The fourth-order valence-corrected chi connectivity index (χ4v) is 2.26. The van der Waals surface area contributed by atoms with Crippen molar-refractivity contribution in [3.05, 3.63) is 18.2 Å². The van der Waals surface area contributed by atoms with Crippen molar-refractivity contribution in [2.45, 2.75) is 31.3 Å². The normalized spacial score (nSPS) is 13.5. The summed E-state index contributed by atoms with van der Waals surface area (Å²) < 4.78 is 22.5. The van der Waals surface area contributed by atoms with Gasteiger partial charge in [-0.25, -0.2) is 13.6 Å². The molecule has 0 heterocycles. The molecular weight excluding hydrogens is 266 g/mol. The lowest BCUT2D eigenvalue weighted by molar-refractivity contribution is 0.161. The molecule has 1 atom stereocenters. The second kappa shape index (κ2) is 6.23. The number of nitrogen functional groups attached to an aromatic ring is 1. The van der Waals surface area contributed by atoms with Crippen LogP contribution in [0.15, 0.2) is 23.1 Å². The summed E-state index contributed by atoms with van der Waals surface area (Å²) in [6, 6.07) is 4.18. The highest BCUT2D eigenvalue weighted by atomic mass is 32.2. The maximum absolute atomic E-state index is 11.2. The largest absolute Gasteiger partial charge is 0.397 e. The van der Waals surface area contributed by atoms with Gasteiger partial charge in [0.15, 0.2) is 0 Å². The molecule has 0 aliphatic carbocycles. The maximum atomic E-state index is 11.2. The van der Waals surface area contributed by atoms with Gasteiger partial charge in [0, 0.05) is 6.54 Å². The van der Waals surface area contributed by atoms with Crippen molar-refractivity contribution < 1.29 is 13.5 Å². The molecule has 0 aliphatic rings. The van der Waals surface area contributed by atoms with Crippen molar-refractivity contribution >= 4 is 21.4 Å². The molecule has 0 amide bonds.